The van der Waals surface area contributed by atoms with Crippen molar-refractivity contribution in [1.29, 1.82) is 0 Å². The fourth-order valence-electron chi connectivity index (χ4n) is 3.88. The van der Waals surface area contributed by atoms with E-state index < -0.39 is 5.82 Å². The van der Waals surface area contributed by atoms with Gasteiger partial charge in [0.15, 0.2) is 0 Å². The van der Waals surface area contributed by atoms with Crippen LogP contribution in [0.4, 0.5) is 4.39 Å². The first-order valence-corrected chi connectivity index (χ1v) is 8.62. The first-order valence-electron chi connectivity index (χ1n) is 8.62. The van der Waals surface area contributed by atoms with Gasteiger partial charge in [0.05, 0.1) is 18.1 Å². The number of amides is 2. The van der Waals surface area contributed by atoms with Gasteiger partial charge in [-0.25, -0.2) is 4.39 Å². The number of rotatable bonds is 3. The molecule has 1 saturated carbocycles. The van der Waals surface area contributed by atoms with Crippen molar-refractivity contribution in [2.45, 2.75) is 43.9 Å². The summed E-state index contributed by atoms with van der Waals surface area (Å²) in [5.41, 5.74) is 0.320. The lowest BCUT2D eigenvalue weighted by molar-refractivity contribution is -0.128. The smallest absolute Gasteiger partial charge is 0.254 e. The van der Waals surface area contributed by atoms with Gasteiger partial charge in [-0.15, -0.1) is 0 Å². The van der Waals surface area contributed by atoms with Crippen molar-refractivity contribution in [1.82, 2.24) is 10.2 Å². The molecule has 4 rings (SSSR count). The molecular formula is C18H21FN2O3. The highest BCUT2D eigenvalue weighted by Crippen LogP contribution is 2.35. The van der Waals surface area contributed by atoms with Crippen molar-refractivity contribution < 1.29 is 18.7 Å². The molecule has 3 fully saturated rings. The molecule has 1 N–H and O–H groups in total. The zero-order chi connectivity index (χ0) is 16.7. The highest BCUT2D eigenvalue weighted by Gasteiger charge is 2.50. The molecule has 128 valence electrons. The summed E-state index contributed by atoms with van der Waals surface area (Å²) >= 11 is 0. The Kier molecular flexibility index (Phi) is 4.00. The van der Waals surface area contributed by atoms with Crippen molar-refractivity contribution in [3.05, 3.63) is 35.6 Å². The van der Waals surface area contributed by atoms with E-state index in [4.69, 9.17) is 4.74 Å². The summed E-state index contributed by atoms with van der Waals surface area (Å²) in [5.74, 6) is -1.02. The number of ether oxygens (including phenoxy) is 1. The van der Waals surface area contributed by atoms with Crippen LogP contribution in [0.15, 0.2) is 24.3 Å². The molecule has 3 aliphatic rings. The minimum atomic E-state index is -0.432. The van der Waals surface area contributed by atoms with Gasteiger partial charge in [-0.1, -0.05) is 6.07 Å². The van der Waals surface area contributed by atoms with Crippen LogP contribution >= 0.6 is 0 Å². The van der Waals surface area contributed by atoms with Crippen LogP contribution in [0.25, 0.3) is 0 Å². The Hall–Kier alpha value is -1.95. The zero-order valence-corrected chi connectivity index (χ0v) is 13.4. The molecule has 0 spiro atoms. The van der Waals surface area contributed by atoms with Crippen molar-refractivity contribution in [2.24, 2.45) is 5.92 Å². The third kappa shape index (κ3) is 2.69. The van der Waals surface area contributed by atoms with Crippen LogP contribution in [0.3, 0.4) is 0 Å². The van der Waals surface area contributed by atoms with Gasteiger partial charge in [0.1, 0.15) is 5.82 Å². The molecule has 1 aromatic rings. The molecule has 0 bridgehead atoms. The summed E-state index contributed by atoms with van der Waals surface area (Å²) in [6.07, 6.45) is 3.68. The number of nitrogens with zero attached hydrogens (tertiary/aromatic N) is 1. The van der Waals surface area contributed by atoms with Crippen molar-refractivity contribution in [2.75, 3.05) is 13.2 Å². The van der Waals surface area contributed by atoms with Crippen LogP contribution in [-0.2, 0) is 9.53 Å². The van der Waals surface area contributed by atoms with Gasteiger partial charge in [0, 0.05) is 24.8 Å². The monoisotopic (exact) mass is 332 g/mol. The van der Waals surface area contributed by atoms with Crippen LogP contribution in [-0.4, -0.2) is 48.1 Å². The average Bonchev–Trinajstić information content (AvgIpc) is 3.12. The van der Waals surface area contributed by atoms with Gasteiger partial charge in [0.2, 0.25) is 5.91 Å². The summed E-state index contributed by atoms with van der Waals surface area (Å²) in [6, 6.07) is 5.87. The number of carbonyl (C=O) groups is 2. The molecule has 6 heteroatoms. The number of nitrogens with one attached hydrogen (secondary N) is 1. The van der Waals surface area contributed by atoms with Gasteiger partial charge in [-0.2, -0.15) is 0 Å². The lowest BCUT2D eigenvalue weighted by Gasteiger charge is -2.28. The van der Waals surface area contributed by atoms with E-state index in [1.54, 1.807) is 11.0 Å². The van der Waals surface area contributed by atoms with Gasteiger partial charge in [0.25, 0.3) is 5.91 Å². The fourth-order valence-corrected chi connectivity index (χ4v) is 3.88. The second kappa shape index (κ2) is 6.16. The molecule has 0 unspecified atom stereocenters. The molecule has 5 nitrogen and oxygen atoms in total. The lowest BCUT2D eigenvalue weighted by Crippen LogP contribution is -2.45. The molecule has 0 radical (unpaired) electrons. The Morgan fingerprint density at radius 1 is 1.25 bits per heavy atom. The van der Waals surface area contributed by atoms with E-state index >= 15 is 0 Å². The summed E-state index contributed by atoms with van der Waals surface area (Å²) in [7, 11) is 0. The number of likely N-dealkylation sites (tertiary alicyclic amines) is 1. The topological polar surface area (TPSA) is 58.6 Å². The minimum Gasteiger partial charge on any atom is -0.375 e. The normalized spacial score (nSPS) is 29.2. The van der Waals surface area contributed by atoms with Crippen molar-refractivity contribution >= 4 is 11.8 Å². The molecule has 2 saturated heterocycles. The SMILES string of the molecule is O=C(NC1CCC1)[C@H]1CN(C(=O)c2cccc(F)c2)[C@@H]2CCO[C@H]12. The summed E-state index contributed by atoms with van der Waals surface area (Å²) in [6.45, 7) is 0.888. The number of hydrogen-bond donors (Lipinski definition) is 1. The number of hydrogen-bond acceptors (Lipinski definition) is 3. The molecular weight excluding hydrogens is 311 g/mol. The summed E-state index contributed by atoms with van der Waals surface area (Å²) in [5, 5.41) is 3.06. The third-order valence-electron chi connectivity index (χ3n) is 5.41. The highest BCUT2D eigenvalue weighted by atomic mass is 19.1. The largest absolute Gasteiger partial charge is 0.375 e. The van der Waals surface area contributed by atoms with E-state index in [9.17, 15) is 14.0 Å². The number of fused-ring (bicyclic) bond motifs is 1. The number of halogens is 1. The Bertz CT molecular complexity index is 661. The van der Waals surface area contributed by atoms with Gasteiger partial charge in [-0.3, -0.25) is 9.59 Å². The third-order valence-corrected chi connectivity index (χ3v) is 5.41. The molecule has 2 amide bonds. The quantitative estimate of drug-likeness (QED) is 0.917. The lowest BCUT2D eigenvalue weighted by atomic mass is 9.92. The van der Waals surface area contributed by atoms with E-state index in [1.165, 1.54) is 18.2 Å². The Labute approximate surface area is 140 Å². The predicted molar refractivity (Wildman–Crippen MR) is 84.9 cm³/mol. The van der Waals surface area contributed by atoms with E-state index in [1.807, 2.05) is 0 Å². The zero-order valence-electron chi connectivity index (χ0n) is 13.4. The molecule has 0 aromatic heterocycles. The van der Waals surface area contributed by atoms with Crippen molar-refractivity contribution in [3.63, 3.8) is 0 Å². The van der Waals surface area contributed by atoms with Crippen molar-refractivity contribution in [3.8, 4) is 0 Å². The molecule has 2 heterocycles. The van der Waals surface area contributed by atoms with E-state index in [-0.39, 0.29) is 35.9 Å². The predicted octanol–water partition coefficient (Wildman–Crippen LogP) is 1.72. The minimum absolute atomic E-state index is 0.0221. The maximum absolute atomic E-state index is 13.4. The number of benzene rings is 1. The fraction of sp³-hybridized carbons (Fsp3) is 0.556. The molecule has 2 aliphatic heterocycles. The van der Waals surface area contributed by atoms with E-state index in [2.05, 4.69) is 5.32 Å². The molecule has 1 aromatic carbocycles. The van der Waals surface area contributed by atoms with E-state index in [0.717, 1.165) is 25.7 Å². The molecule has 1 aliphatic carbocycles. The van der Waals surface area contributed by atoms with Crippen LogP contribution in [0.5, 0.6) is 0 Å². The Balaban J connectivity index is 1.51. The molecule has 24 heavy (non-hydrogen) atoms. The average molecular weight is 332 g/mol. The van der Waals surface area contributed by atoms with E-state index in [0.29, 0.717) is 18.7 Å². The second-order valence-electron chi connectivity index (χ2n) is 6.90. The van der Waals surface area contributed by atoms with Crippen LogP contribution in [0.1, 0.15) is 36.0 Å². The summed E-state index contributed by atoms with van der Waals surface area (Å²) < 4.78 is 19.2. The van der Waals surface area contributed by atoms with Gasteiger partial charge in [-0.05, 0) is 43.9 Å². The van der Waals surface area contributed by atoms with Crippen LogP contribution < -0.4 is 5.32 Å². The summed E-state index contributed by atoms with van der Waals surface area (Å²) in [4.78, 5) is 27.0. The van der Waals surface area contributed by atoms with Gasteiger partial charge >= 0.3 is 0 Å². The first kappa shape index (κ1) is 15.6. The highest BCUT2D eigenvalue weighted by molar-refractivity contribution is 5.95. The van der Waals surface area contributed by atoms with Gasteiger partial charge < -0.3 is 15.0 Å². The standard InChI is InChI=1S/C18H21FN2O3/c19-12-4-1-3-11(9-12)18(23)21-10-14(16-15(21)7-8-24-16)17(22)20-13-5-2-6-13/h1,3-4,9,13-16H,2,5-8,10H2,(H,20,22)/t14-,15+,16+/m0/s1. The Morgan fingerprint density at radius 2 is 2.08 bits per heavy atom. The Morgan fingerprint density at radius 3 is 2.79 bits per heavy atom. The van der Waals surface area contributed by atoms with Crippen LogP contribution in [0, 0.1) is 11.7 Å². The molecule has 3 atom stereocenters. The maximum atomic E-state index is 13.4. The number of carbonyl (C=O) groups excluding carboxylic acids is 2. The maximum Gasteiger partial charge on any atom is 0.254 e. The second-order valence-corrected chi connectivity index (χ2v) is 6.90. The van der Waals surface area contributed by atoms with Crippen LogP contribution in [0.2, 0.25) is 0 Å². The first-order chi connectivity index (χ1) is 11.6.